The van der Waals surface area contributed by atoms with Crippen molar-refractivity contribution in [1.82, 2.24) is 0 Å². The molecule has 4 aromatic rings. The normalized spacial score (nSPS) is 9.97. The molecule has 0 saturated heterocycles. The maximum absolute atomic E-state index is 13.5. The van der Waals surface area contributed by atoms with Crippen LogP contribution >= 0.6 is 11.3 Å². The van der Waals surface area contributed by atoms with Crippen LogP contribution in [0.2, 0.25) is 0 Å². The van der Waals surface area contributed by atoms with E-state index in [1.165, 1.54) is 18.4 Å². The number of carboxylic acid groups (broad SMARTS) is 1. The molecule has 38 heavy (non-hydrogen) atoms. The minimum absolute atomic E-state index is 0. The number of methoxy groups -OCH3 is 3. The van der Waals surface area contributed by atoms with Crippen LogP contribution in [0.4, 0.5) is 5.69 Å². The molecule has 1 aromatic heterocycles. The first-order chi connectivity index (χ1) is 17.4. The number of ether oxygens (including phenoxy) is 3. The Morgan fingerprint density at radius 2 is 1.45 bits per heavy atom. The van der Waals surface area contributed by atoms with Crippen molar-refractivity contribution in [2.24, 2.45) is 0 Å². The molecule has 8 nitrogen and oxygen atoms in total. The fourth-order valence-electron chi connectivity index (χ4n) is 3.93. The predicted octanol–water partition coefficient (Wildman–Crippen LogP) is 2.81. The van der Waals surface area contributed by atoms with Crippen LogP contribution in [0, 0.1) is 0 Å². The van der Waals surface area contributed by atoms with Crippen LogP contribution < -0.4 is 38.4 Å². The van der Waals surface area contributed by atoms with Gasteiger partial charge in [-0.15, -0.1) is 11.3 Å². The zero-order valence-corrected chi connectivity index (χ0v) is 22.3. The van der Waals surface area contributed by atoms with Crippen LogP contribution in [0.1, 0.15) is 15.2 Å². The topological polar surface area (TPSA) is 124 Å². The number of hydrogen-bond donors (Lipinski definition) is 2. The monoisotopic (exact) mass is 527 g/mol. The Bertz CT molecular complexity index is 1390. The summed E-state index contributed by atoms with van der Waals surface area (Å²) in [6.07, 6.45) is -0.0403. The van der Waals surface area contributed by atoms with Crippen LogP contribution in [-0.2, 0) is 11.2 Å². The molecule has 4 rings (SSSR count). The fraction of sp³-hybridized carbons (Fsp3) is 0.143. The second kappa shape index (κ2) is 13.7. The third-order valence-electron chi connectivity index (χ3n) is 5.58. The predicted molar refractivity (Wildman–Crippen MR) is 143 cm³/mol. The van der Waals surface area contributed by atoms with E-state index in [1.807, 2.05) is 42.5 Å². The van der Waals surface area contributed by atoms with Crippen molar-refractivity contribution in [1.29, 1.82) is 0 Å². The number of hydrogen-bond acceptors (Lipinski definition) is 7. The number of thiophene rings is 1. The summed E-state index contributed by atoms with van der Waals surface area (Å²) < 4.78 is 16.4. The molecular formula is C28H26LiNO7S. The molecule has 0 aliphatic heterocycles. The van der Waals surface area contributed by atoms with Gasteiger partial charge in [0.2, 0.25) is 5.75 Å². The van der Waals surface area contributed by atoms with Gasteiger partial charge in [0.05, 0.1) is 27.8 Å². The first-order valence-corrected chi connectivity index (χ1v) is 11.9. The molecule has 1 amide bonds. The van der Waals surface area contributed by atoms with Crippen molar-refractivity contribution in [2.45, 2.75) is 6.42 Å². The van der Waals surface area contributed by atoms with Gasteiger partial charge in [-0.3, -0.25) is 9.59 Å². The number of para-hydroxylation sites is 1. The van der Waals surface area contributed by atoms with E-state index in [2.05, 4.69) is 5.32 Å². The quantitative estimate of drug-likeness (QED) is 0.321. The Balaban J connectivity index is 0.00000253. The molecule has 0 aliphatic carbocycles. The van der Waals surface area contributed by atoms with Crippen LogP contribution in [0.25, 0.3) is 21.6 Å². The summed E-state index contributed by atoms with van der Waals surface area (Å²) in [7, 11) is 4.63. The summed E-state index contributed by atoms with van der Waals surface area (Å²) in [6, 6.07) is 22.0. The average Bonchev–Trinajstić information content (AvgIpc) is 3.35. The van der Waals surface area contributed by atoms with Crippen LogP contribution in [0.3, 0.4) is 0 Å². The molecule has 0 unspecified atom stereocenters. The maximum Gasteiger partial charge on any atom is 1.00 e. The molecule has 192 valence electrons. The molecule has 0 saturated carbocycles. The average molecular weight is 528 g/mol. The Labute approximate surface area is 236 Å². The van der Waals surface area contributed by atoms with Gasteiger partial charge in [0.1, 0.15) is 0 Å². The number of carbonyl (C=O) groups is 2. The SMILES string of the molecule is COc1cc(-c2ccccc2C(=O)Nc2ccccc2-c2ccc(CC(=O)O)s2)cc(OC)c1OC.[Li+].[OH-]. The van der Waals surface area contributed by atoms with E-state index in [4.69, 9.17) is 19.3 Å². The molecule has 3 N–H and O–H groups in total. The summed E-state index contributed by atoms with van der Waals surface area (Å²) >= 11 is 1.39. The molecule has 0 atom stereocenters. The van der Waals surface area contributed by atoms with Crippen LogP contribution in [0.15, 0.2) is 72.8 Å². The largest absolute Gasteiger partial charge is 1.00 e. The van der Waals surface area contributed by atoms with E-state index in [-0.39, 0.29) is 36.7 Å². The van der Waals surface area contributed by atoms with E-state index in [0.717, 1.165) is 20.9 Å². The third kappa shape index (κ3) is 6.57. The van der Waals surface area contributed by atoms with Gasteiger partial charge in [-0.05, 0) is 47.5 Å². The van der Waals surface area contributed by atoms with Gasteiger partial charge < -0.3 is 30.1 Å². The Kier molecular flexibility index (Phi) is 11.0. The van der Waals surface area contributed by atoms with Crippen LogP contribution in [0.5, 0.6) is 17.2 Å². The van der Waals surface area contributed by atoms with Gasteiger partial charge in [0, 0.05) is 26.6 Å². The minimum atomic E-state index is -0.881. The number of anilines is 1. The number of nitrogens with one attached hydrogen (secondary N) is 1. The smallest absolute Gasteiger partial charge is 0.870 e. The van der Waals surface area contributed by atoms with Gasteiger partial charge >= 0.3 is 24.8 Å². The Morgan fingerprint density at radius 3 is 2.05 bits per heavy atom. The number of amides is 1. The number of aliphatic carboxylic acids is 1. The van der Waals surface area contributed by atoms with Gasteiger partial charge in [-0.2, -0.15) is 0 Å². The van der Waals surface area contributed by atoms with Crippen molar-refractivity contribution in [2.75, 3.05) is 26.6 Å². The van der Waals surface area contributed by atoms with E-state index in [1.54, 1.807) is 44.6 Å². The van der Waals surface area contributed by atoms with Gasteiger partial charge in [-0.1, -0.05) is 36.4 Å². The first-order valence-electron chi connectivity index (χ1n) is 11.1. The van der Waals surface area contributed by atoms with E-state index in [9.17, 15) is 9.59 Å². The molecule has 1 heterocycles. The Hall–Kier alpha value is -3.74. The second-order valence-electron chi connectivity index (χ2n) is 7.80. The number of rotatable bonds is 9. The zero-order chi connectivity index (χ0) is 25.7. The summed E-state index contributed by atoms with van der Waals surface area (Å²) in [5, 5.41) is 12.1. The molecular weight excluding hydrogens is 501 g/mol. The standard InChI is InChI=1S/C28H25NO6S.Li.H2O/c1-33-23-14-17(15-24(34-2)27(23)35-3)19-8-4-5-9-20(19)28(32)29-22-11-7-6-10-21(22)25-13-12-18(36-25)16-26(30)31;;/h4-15H,16H2,1-3H3,(H,29,32)(H,30,31);;1H2/q;+1;/p-1. The second-order valence-corrected chi connectivity index (χ2v) is 8.96. The molecule has 10 heteroatoms. The molecule has 0 radical (unpaired) electrons. The third-order valence-corrected chi connectivity index (χ3v) is 6.69. The van der Waals surface area contributed by atoms with Gasteiger partial charge in [-0.25, -0.2) is 0 Å². The minimum Gasteiger partial charge on any atom is -0.870 e. The van der Waals surface area contributed by atoms with Crippen molar-refractivity contribution in [3.8, 4) is 38.8 Å². The van der Waals surface area contributed by atoms with E-state index in [0.29, 0.717) is 34.1 Å². The maximum atomic E-state index is 13.5. The van der Waals surface area contributed by atoms with Crippen LogP contribution in [-0.4, -0.2) is 43.8 Å². The van der Waals surface area contributed by atoms with E-state index < -0.39 is 5.97 Å². The van der Waals surface area contributed by atoms with Crippen molar-refractivity contribution >= 4 is 28.9 Å². The summed E-state index contributed by atoms with van der Waals surface area (Å²) in [4.78, 5) is 26.2. The molecule has 3 aromatic carbocycles. The zero-order valence-electron chi connectivity index (χ0n) is 21.5. The van der Waals surface area contributed by atoms with Crippen molar-refractivity contribution in [3.63, 3.8) is 0 Å². The molecule has 0 spiro atoms. The molecule has 0 fully saturated rings. The summed E-state index contributed by atoms with van der Waals surface area (Å²) in [5.41, 5.74) is 3.36. The first kappa shape index (κ1) is 30.5. The number of carbonyl (C=O) groups excluding carboxylic acids is 1. The van der Waals surface area contributed by atoms with Gasteiger partial charge in [0.25, 0.3) is 5.91 Å². The summed E-state index contributed by atoms with van der Waals surface area (Å²) in [5.74, 6) is 0.282. The van der Waals surface area contributed by atoms with Crippen molar-refractivity contribution < 1.29 is 53.2 Å². The molecule has 0 aliphatic rings. The summed E-state index contributed by atoms with van der Waals surface area (Å²) in [6.45, 7) is 0. The Morgan fingerprint density at radius 1 is 0.842 bits per heavy atom. The van der Waals surface area contributed by atoms with Crippen molar-refractivity contribution in [3.05, 3.63) is 83.2 Å². The fourth-order valence-corrected chi connectivity index (χ4v) is 4.97. The number of carboxylic acids is 1. The van der Waals surface area contributed by atoms with Gasteiger partial charge in [0.15, 0.2) is 11.5 Å². The van der Waals surface area contributed by atoms with E-state index >= 15 is 0 Å². The molecule has 0 bridgehead atoms. The number of benzene rings is 3.